The number of aromatic nitrogens is 3. The average Bonchev–Trinajstić information content (AvgIpc) is 3.50. The second-order valence-electron chi connectivity index (χ2n) is 11.0. The van der Waals surface area contributed by atoms with E-state index in [2.05, 4.69) is 35.8 Å². The molecule has 5 heterocycles. The molecule has 45 heavy (non-hydrogen) atoms. The van der Waals surface area contributed by atoms with Gasteiger partial charge in [0.25, 0.3) is 0 Å². The van der Waals surface area contributed by atoms with E-state index in [1.54, 1.807) is 14.0 Å². The maximum Gasteiger partial charge on any atom is 0.319 e. The molecule has 242 valence electrons. The molecule has 2 saturated heterocycles. The first-order valence-corrected chi connectivity index (χ1v) is 15.9. The zero-order valence-corrected chi connectivity index (χ0v) is 27.3. The molecule has 2 aromatic carbocycles. The van der Waals surface area contributed by atoms with Crippen molar-refractivity contribution >= 4 is 43.4 Å². The first-order valence-electron chi connectivity index (χ1n) is 15.1. The number of anilines is 1. The number of hydrogen-bond donors (Lipinski definition) is 2. The minimum absolute atomic E-state index is 0.0326. The van der Waals surface area contributed by atoms with Gasteiger partial charge in [0, 0.05) is 37.6 Å². The molecule has 7 rings (SSSR count). The molecule has 2 aromatic heterocycles. The fourth-order valence-electron chi connectivity index (χ4n) is 6.33. The number of aliphatic hydroxyl groups is 1. The van der Waals surface area contributed by atoms with Gasteiger partial charge in [0.05, 0.1) is 16.6 Å². The summed E-state index contributed by atoms with van der Waals surface area (Å²) in [6.45, 7) is 8.02. The lowest BCUT2D eigenvalue weighted by atomic mass is 9.95. The first-order chi connectivity index (χ1) is 21.7. The minimum Gasteiger partial charge on any atom is -0.508 e. The van der Waals surface area contributed by atoms with Crippen LogP contribution in [0.15, 0.2) is 28.7 Å². The number of phenols is 1. The number of fused-ring (bicyclic) bond motifs is 2. The quantitative estimate of drug-likeness (QED) is 0.252. The van der Waals surface area contributed by atoms with E-state index in [4.69, 9.17) is 14.6 Å². The number of alkyl halides is 1. The van der Waals surface area contributed by atoms with Gasteiger partial charge in [-0.05, 0) is 65.8 Å². The maximum absolute atomic E-state index is 16.5. The molecule has 3 aliphatic rings. The van der Waals surface area contributed by atoms with Gasteiger partial charge in [0.15, 0.2) is 5.82 Å². The van der Waals surface area contributed by atoms with E-state index in [-0.39, 0.29) is 64.1 Å². The summed E-state index contributed by atoms with van der Waals surface area (Å²) in [5.41, 5.74) is -0.494. The minimum atomic E-state index is -0.913. The Balaban J connectivity index is 0.000000757. The smallest absolute Gasteiger partial charge is 0.319 e. The van der Waals surface area contributed by atoms with Crippen LogP contribution in [0.3, 0.4) is 0 Å². The summed E-state index contributed by atoms with van der Waals surface area (Å²) in [7, 11) is 1.81. The van der Waals surface area contributed by atoms with Crippen LogP contribution in [0, 0.1) is 11.6 Å². The van der Waals surface area contributed by atoms with Crippen molar-refractivity contribution in [1.82, 2.24) is 19.9 Å². The highest BCUT2D eigenvalue weighted by atomic mass is 79.9. The second-order valence-corrected chi connectivity index (χ2v) is 11.8. The Kier molecular flexibility index (Phi) is 9.90. The molecule has 0 spiro atoms. The summed E-state index contributed by atoms with van der Waals surface area (Å²) < 4.78 is 57.5. The number of aromatic hydroxyl groups is 1. The third-order valence-electron chi connectivity index (χ3n) is 8.22. The molecule has 4 aromatic rings. The summed E-state index contributed by atoms with van der Waals surface area (Å²) in [6, 6.07) is 5.53. The number of ether oxygens (including phenoxy) is 2. The van der Waals surface area contributed by atoms with Gasteiger partial charge < -0.3 is 24.6 Å². The Labute approximate surface area is 268 Å². The highest BCUT2D eigenvalue weighted by Crippen LogP contribution is 2.44. The van der Waals surface area contributed by atoms with Gasteiger partial charge in [-0.3, -0.25) is 4.90 Å². The molecule has 2 fully saturated rings. The summed E-state index contributed by atoms with van der Waals surface area (Å²) in [4.78, 5) is 17.5. The Morgan fingerprint density at radius 2 is 1.89 bits per heavy atom. The van der Waals surface area contributed by atoms with Gasteiger partial charge >= 0.3 is 6.01 Å². The molecule has 9 nitrogen and oxygen atoms in total. The molecule has 0 aliphatic carbocycles. The van der Waals surface area contributed by atoms with E-state index in [9.17, 15) is 13.9 Å². The third kappa shape index (κ3) is 6.09. The van der Waals surface area contributed by atoms with Crippen molar-refractivity contribution in [2.75, 3.05) is 51.4 Å². The average molecular weight is 693 g/mol. The highest BCUT2D eigenvalue weighted by Gasteiger charge is 2.49. The SMILES string of the molecule is CC.CCO.CN1CCOc2nc(-c3cc(O)cc4ccc(F)c(Br)c34)c(F)c3nc(OC[C@@]45CCCN4CC(F)C5)nc1c23. The Hall–Kier alpha value is -3.42. The van der Waals surface area contributed by atoms with Crippen LogP contribution in [-0.2, 0) is 0 Å². The number of hydrogen-bond acceptors (Lipinski definition) is 9. The monoisotopic (exact) mass is 691 g/mol. The Morgan fingerprint density at radius 3 is 2.64 bits per heavy atom. The van der Waals surface area contributed by atoms with E-state index in [1.165, 1.54) is 24.3 Å². The van der Waals surface area contributed by atoms with Crippen LogP contribution < -0.4 is 14.4 Å². The number of phenolic OH excluding ortho intramolecular Hbond substituents is 1. The van der Waals surface area contributed by atoms with Crippen LogP contribution in [-0.4, -0.2) is 88.3 Å². The van der Waals surface area contributed by atoms with Crippen LogP contribution in [0.2, 0.25) is 0 Å². The number of likely N-dealkylation sites (N-methyl/N-ethyl adjacent to an activating group) is 1. The summed E-state index contributed by atoms with van der Waals surface area (Å²) in [5.74, 6) is -0.949. The van der Waals surface area contributed by atoms with Crippen molar-refractivity contribution in [3.05, 3.63) is 40.4 Å². The van der Waals surface area contributed by atoms with Crippen molar-refractivity contribution < 1.29 is 32.9 Å². The molecular formula is C32H37BrF3N5O4. The van der Waals surface area contributed by atoms with E-state index in [1.807, 2.05) is 18.7 Å². The molecule has 13 heteroatoms. The normalized spacial score (nSPS) is 20.6. The van der Waals surface area contributed by atoms with Crippen molar-refractivity contribution in [2.24, 2.45) is 0 Å². The third-order valence-corrected chi connectivity index (χ3v) is 8.99. The number of rotatable bonds is 4. The topological polar surface area (TPSA) is 104 Å². The number of aliphatic hydroxyl groups excluding tert-OH is 1. The Morgan fingerprint density at radius 1 is 1.13 bits per heavy atom. The van der Waals surface area contributed by atoms with Gasteiger partial charge in [-0.15, -0.1) is 0 Å². The first kappa shape index (κ1) is 33.0. The highest BCUT2D eigenvalue weighted by molar-refractivity contribution is 9.10. The van der Waals surface area contributed by atoms with Gasteiger partial charge in [-0.1, -0.05) is 19.9 Å². The predicted octanol–water partition coefficient (Wildman–Crippen LogP) is 6.40. The maximum atomic E-state index is 16.5. The Bertz CT molecular complexity index is 1710. The number of halogens is 4. The van der Waals surface area contributed by atoms with Crippen LogP contribution in [0.4, 0.5) is 19.0 Å². The van der Waals surface area contributed by atoms with Gasteiger partial charge in [-0.2, -0.15) is 9.97 Å². The lowest BCUT2D eigenvalue weighted by molar-refractivity contribution is 0.107. The molecule has 2 N–H and O–H groups in total. The molecule has 0 radical (unpaired) electrons. The van der Waals surface area contributed by atoms with Crippen molar-refractivity contribution in [1.29, 1.82) is 0 Å². The van der Waals surface area contributed by atoms with Crippen LogP contribution in [0.1, 0.15) is 40.0 Å². The molecule has 1 unspecified atom stereocenters. The van der Waals surface area contributed by atoms with Crippen molar-refractivity contribution in [2.45, 2.75) is 51.7 Å². The zero-order valence-electron chi connectivity index (χ0n) is 25.7. The van der Waals surface area contributed by atoms with E-state index in [0.717, 1.165) is 19.4 Å². The van der Waals surface area contributed by atoms with E-state index < -0.39 is 23.3 Å². The molecular weight excluding hydrogens is 655 g/mol. The summed E-state index contributed by atoms with van der Waals surface area (Å²) in [6.07, 6.45) is 1.24. The fourth-order valence-corrected chi connectivity index (χ4v) is 6.90. The molecule has 0 saturated carbocycles. The fraction of sp³-hybridized carbons (Fsp3) is 0.469. The van der Waals surface area contributed by atoms with Crippen LogP contribution in [0.5, 0.6) is 17.6 Å². The standard InChI is InChI=1S/C28H25BrF3N5O3.C2H6O.C2H6/c1-36-7-8-39-26-20-24(34-27(35-25(20)36)40-13-28-5-2-6-37(28)12-15(30)11-28)22(32)23(33-26)17-10-16(38)9-14-3-4-18(31)21(29)19(14)17;1-2-3;1-2/h3-4,9-10,15,38H,2,5-8,11-13H2,1H3;3H,2H2,1H3;1-2H3/t15?,28-;;/m0../s1. The number of nitrogens with zero attached hydrogens (tertiary/aromatic N) is 5. The van der Waals surface area contributed by atoms with Gasteiger partial charge in [-0.25, -0.2) is 18.2 Å². The molecule has 3 aliphatic heterocycles. The lowest BCUT2D eigenvalue weighted by Crippen LogP contribution is -2.43. The zero-order chi connectivity index (χ0) is 32.5. The molecule has 0 amide bonds. The van der Waals surface area contributed by atoms with Gasteiger partial charge in [0.1, 0.15) is 53.4 Å². The van der Waals surface area contributed by atoms with Crippen molar-refractivity contribution in [3.63, 3.8) is 0 Å². The van der Waals surface area contributed by atoms with Crippen LogP contribution >= 0.6 is 15.9 Å². The van der Waals surface area contributed by atoms with E-state index in [0.29, 0.717) is 36.1 Å². The second kappa shape index (κ2) is 13.5. The summed E-state index contributed by atoms with van der Waals surface area (Å²) >= 11 is 3.28. The van der Waals surface area contributed by atoms with E-state index >= 15 is 4.39 Å². The van der Waals surface area contributed by atoms with Gasteiger partial charge in [0.2, 0.25) is 5.88 Å². The number of benzene rings is 2. The molecule has 2 atom stereocenters. The summed E-state index contributed by atoms with van der Waals surface area (Å²) in [5, 5.41) is 19.1. The largest absolute Gasteiger partial charge is 0.508 e. The number of pyridine rings is 1. The lowest BCUT2D eigenvalue weighted by Gasteiger charge is -2.31. The molecule has 0 bridgehead atoms. The van der Waals surface area contributed by atoms with Crippen LogP contribution in [0.25, 0.3) is 32.9 Å². The van der Waals surface area contributed by atoms with Crippen molar-refractivity contribution in [3.8, 4) is 28.9 Å². The predicted molar refractivity (Wildman–Crippen MR) is 171 cm³/mol.